The van der Waals surface area contributed by atoms with Crippen LogP contribution in [0.3, 0.4) is 0 Å². The van der Waals surface area contributed by atoms with Crippen LogP contribution in [0, 0.1) is 0 Å². The van der Waals surface area contributed by atoms with Crippen LogP contribution in [0.5, 0.6) is 0 Å². The first-order valence-electron chi connectivity index (χ1n) is 29.5. The lowest BCUT2D eigenvalue weighted by Gasteiger charge is -2.18. The largest absolute Gasteiger partial charge is 0.462 e. The summed E-state index contributed by atoms with van der Waals surface area (Å²) in [4.78, 5) is 38.1. The number of ether oxygens (including phenoxy) is 3. The Bertz CT molecular complexity index is 1130. The molecule has 0 N–H and O–H groups in total. The SMILES string of the molecule is CCCCCCCC/C=C\CCCCCCCCCC(=O)OC(COC(=O)CCCCC/C=C\CCCCCCCC)COC(=O)CCCCCCCCC/C=C\CCCCCCCCCC. The molecule has 1 atom stereocenters. The number of rotatable bonds is 54. The third-order valence-electron chi connectivity index (χ3n) is 13.1. The van der Waals surface area contributed by atoms with Crippen LogP contribution in [0.2, 0.25) is 0 Å². The lowest BCUT2D eigenvalue weighted by molar-refractivity contribution is -0.167. The second-order valence-electron chi connectivity index (χ2n) is 19.9. The topological polar surface area (TPSA) is 78.9 Å². The number of carbonyl (C=O) groups is 3. The normalized spacial score (nSPS) is 12.2. The lowest BCUT2D eigenvalue weighted by atomic mass is 10.1. The van der Waals surface area contributed by atoms with Crippen LogP contribution in [0.25, 0.3) is 0 Å². The van der Waals surface area contributed by atoms with Gasteiger partial charge in [-0.1, -0.05) is 237 Å². The van der Waals surface area contributed by atoms with Crippen molar-refractivity contribution in [3.8, 4) is 0 Å². The molecule has 6 nitrogen and oxygen atoms in total. The van der Waals surface area contributed by atoms with Crippen molar-refractivity contribution >= 4 is 17.9 Å². The molecular weight excluding hydrogens is 829 g/mol. The summed E-state index contributed by atoms with van der Waals surface area (Å²) in [6, 6.07) is 0. The van der Waals surface area contributed by atoms with Gasteiger partial charge in [0.2, 0.25) is 0 Å². The standard InChI is InChI=1S/C61H112O6/c1-4-7-10-13-16-19-22-25-27-29-30-32-33-36-39-42-45-48-51-54-60(63)66-57-58(56-65-59(62)53-50-47-44-41-38-35-24-21-18-15-12-9-6-3)67-61(64)55-52-49-46-43-40-37-34-31-28-26-23-20-17-14-11-8-5-2/h26,28-30,35,38,58H,4-25,27,31-34,36-37,39-57H2,1-3H3/b28-26-,30-29-,38-35-. The molecule has 0 rings (SSSR count). The van der Waals surface area contributed by atoms with Gasteiger partial charge in [-0.3, -0.25) is 14.4 Å². The Morgan fingerprint density at radius 2 is 0.493 bits per heavy atom. The Morgan fingerprint density at radius 3 is 0.761 bits per heavy atom. The molecule has 67 heavy (non-hydrogen) atoms. The van der Waals surface area contributed by atoms with Crippen molar-refractivity contribution in [3.05, 3.63) is 36.5 Å². The molecule has 0 heterocycles. The van der Waals surface area contributed by atoms with E-state index < -0.39 is 6.10 Å². The lowest BCUT2D eigenvalue weighted by Crippen LogP contribution is -2.30. The number of hydrogen-bond acceptors (Lipinski definition) is 6. The van der Waals surface area contributed by atoms with Crippen molar-refractivity contribution in [1.29, 1.82) is 0 Å². The molecule has 0 saturated heterocycles. The third-order valence-corrected chi connectivity index (χ3v) is 13.1. The number of carbonyl (C=O) groups excluding carboxylic acids is 3. The van der Waals surface area contributed by atoms with E-state index in [0.29, 0.717) is 19.3 Å². The average Bonchev–Trinajstić information content (AvgIpc) is 3.33. The quantitative estimate of drug-likeness (QED) is 0.0262. The molecule has 0 bridgehead atoms. The Hall–Kier alpha value is -2.37. The summed E-state index contributed by atoms with van der Waals surface area (Å²) in [6.07, 6.45) is 67.1. The summed E-state index contributed by atoms with van der Waals surface area (Å²) in [5.41, 5.74) is 0. The Labute approximate surface area is 416 Å². The highest BCUT2D eigenvalue weighted by Crippen LogP contribution is 2.16. The van der Waals surface area contributed by atoms with Crippen molar-refractivity contribution in [2.45, 2.75) is 322 Å². The van der Waals surface area contributed by atoms with E-state index in [2.05, 4.69) is 57.2 Å². The van der Waals surface area contributed by atoms with E-state index in [4.69, 9.17) is 14.2 Å². The maximum atomic E-state index is 12.9. The number of allylic oxidation sites excluding steroid dienone is 6. The first-order valence-corrected chi connectivity index (χ1v) is 29.5. The van der Waals surface area contributed by atoms with Crippen molar-refractivity contribution in [2.24, 2.45) is 0 Å². The van der Waals surface area contributed by atoms with Gasteiger partial charge >= 0.3 is 17.9 Å². The van der Waals surface area contributed by atoms with E-state index in [1.165, 1.54) is 205 Å². The summed E-state index contributed by atoms with van der Waals surface area (Å²) in [6.45, 7) is 6.64. The molecule has 0 aliphatic rings. The van der Waals surface area contributed by atoms with Crippen LogP contribution in [0.1, 0.15) is 316 Å². The molecule has 0 fully saturated rings. The van der Waals surface area contributed by atoms with E-state index in [1.807, 2.05) is 0 Å². The fourth-order valence-corrected chi connectivity index (χ4v) is 8.60. The van der Waals surface area contributed by atoms with Gasteiger partial charge < -0.3 is 14.2 Å². The highest BCUT2D eigenvalue weighted by atomic mass is 16.6. The summed E-state index contributed by atoms with van der Waals surface area (Å²) in [5.74, 6) is -0.888. The summed E-state index contributed by atoms with van der Waals surface area (Å²) >= 11 is 0. The van der Waals surface area contributed by atoms with E-state index in [-0.39, 0.29) is 31.1 Å². The molecular formula is C61H112O6. The molecule has 392 valence electrons. The van der Waals surface area contributed by atoms with Crippen LogP contribution in [-0.2, 0) is 28.6 Å². The van der Waals surface area contributed by atoms with Crippen LogP contribution in [0.15, 0.2) is 36.5 Å². The van der Waals surface area contributed by atoms with Crippen molar-refractivity contribution in [2.75, 3.05) is 13.2 Å². The van der Waals surface area contributed by atoms with E-state index in [0.717, 1.165) is 70.6 Å². The summed E-state index contributed by atoms with van der Waals surface area (Å²) in [5, 5.41) is 0. The van der Waals surface area contributed by atoms with Crippen LogP contribution < -0.4 is 0 Å². The fourth-order valence-electron chi connectivity index (χ4n) is 8.60. The maximum absolute atomic E-state index is 12.9. The van der Waals surface area contributed by atoms with Crippen LogP contribution in [-0.4, -0.2) is 37.2 Å². The van der Waals surface area contributed by atoms with Gasteiger partial charge in [0, 0.05) is 19.3 Å². The predicted octanol–water partition coefficient (Wildman–Crippen LogP) is 19.7. The Balaban J connectivity index is 4.35. The Kier molecular flexibility index (Phi) is 54.2. The summed E-state index contributed by atoms with van der Waals surface area (Å²) < 4.78 is 16.9. The zero-order valence-electron chi connectivity index (χ0n) is 44.9. The highest BCUT2D eigenvalue weighted by molar-refractivity contribution is 5.71. The molecule has 0 aliphatic carbocycles. The molecule has 0 aromatic heterocycles. The third kappa shape index (κ3) is 54.4. The van der Waals surface area contributed by atoms with E-state index >= 15 is 0 Å². The van der Waals surface area contributed by atoms with Crippen molar-refractivity contribution in [3.63, 3.8) is 0 Å². The van der Waals surface area contributed by atoms with Gasteiger partial charge in [0.05, 0.1) is 0 Å². The highest BCUT2D eigenvalue weighted by Gasteiger charge is 2.19. The monoisotopic (exact) mass is 941 g/mol. The van der Waals surface area contributed by atoms with Crippen LogP contribution >= 0.6 is 0 Å². The van der Waals surface area contributed by atoms with E-state index in [9.17, 15) is 14.4 Å². The molecule has 0 saturated carbocycles. The van der Waals surface area contributed by atoms with Gasteiger partial charge in [-0.15, -0.1) is 0 Å². The molecule has 0 radical (unpaired) electrons. The smallest absolute Gasteiger partial charge is 0.306 e. The van der Waals surface area contributed by atoms with Gasteiger partial charge in [0.25, 0.3) is 0 Å². The first-order chi connectivity index (χ1) is 33.0. The fraction of sp³-hybridized carbons (Fsp3) is 0.852. The average molecular weight is 942 g/mol. The molecule has 6 heteroatoms. The zero-order chi connectivity index (χ0) is 48.6. The molecule has 0 aromatic carbocycles. The Morgan fingerprint density at radius 1 is 0.284 bits per heavy atom. The minimum absolute atomic E-state index is 0.0786. The molecule has 0 aromatic rings. The number of unbranched alkanes of at least 4 members (excludes halogenated alkanes) is 37. The predicted molar refractivity (Wildman–Crippen MR) is 289 cm³/mol. The second kappa shape index (κ2) is 56.2. The number of esters is 3. The molecule has 0 aliphatic heterocycles. The van der Waals surface area contributed by atoms with Gasteiger partial charge in [0.15, 0.2) is 6.10 Å². The van der Waals surface area contributed by atoms with Gasteiger partial charge in [0.1, 0.15) is 13.2 Å². The minimum Gasteiger partial charge on any atom is -0.462 e. The first kappa shape index (κ1) is 64.6. The van der Waals surface area contributed by atoms with Gasteiger partial charge in [-0.2, -0.15) is 0 Å². The maximum Gasteiger partial charge on any atom is 0.306 e. The van der Waals surface area contributed by atoms with Gasteiger partial charge in [-0.05, 0) is 96.3 Å². The van der Waals surface area contributed by atoms with Crippen molar-refractivity contribution < 1.29 is 28.6 Å². The summed E-state index contributed by atoms with van der Waals surface area (Å²) in [7, 11) is 0. The zero-order valence-corrected chi connectivity index (χ0v) is 44.9. The molecule has 1 unspecified atom stereocenters. The minimum atomic E-state index is -0.781. The molecule has 0 spiro atoms. The number of hydrogen-bond donors (Lipinski definition) is 0. The molecule has 0 amide bonds. The van der Waals surface area contributed by atoms with Gasteiger partial charge in [-0.25, -0.2) is 0 Å². The van der Waals surface area contributed by atoms with Crippen LogP contribution in [0.4, 0.5) is 0 Å². The van der Waals surface area contributed by atoms with E-state index in [1.54, 1.807) is 0 Å². The second-order valence-corrected chi connectivity index (χ2v) is 19.9. The van der Waals surface area contributed by atoms with Crippen molar-refractivity contribution in [1.82, 2.24) is 0 Å².